The minimum atomic E-state index is -0.458. The second-order valence-electron chi connectivity index (χ2n) is 9.85. The average molecular weight is 417 g/mol. The fourth-order valence-corrected chi connectivity index (χ4v) is 5.44. The van der Waals surface area contributed by atoms with E-state index in [0.29, 0.717) is 23.8 Å². The molecule has 1 aliphatic carbocycles. The third-order valence-electron chi connectivity index (χ3n) is 6.27. The molecule has 158 valence electrons. The molecule has 3 fully saturated rings. The molecule has 4 rings (SSSR count). The smallest absolute Gasteiger partial charge is 0.410 e. The first-order valence-electron chi connectivity index (χ1n) is 10.7. The van der Waals surface area contributed by atoms with Crippen LogP contribution in [0.3, 0.4) is 0 Å². The number of benzene rings is 1. The van der Waals surface area contributed by atoms with Crippen molar-refractivity contribution < 1.29 is 14.3 Å². The third kappa shape index (κ3) is 4.73. The van der Waals surface area contributed by atoms with Crippen LogP contribution in [0.1, 0.15) is 63.7 Å². The van der Waals surface area contributed by atoms with E-state index in [4.69, 9.17) is 4.74 Å². The van der Waals surface area contributed by atoms with Gasteiger partial charge in [0.15, 0.2) is 5.78 Å². The first-order valence-corrected chi connectivity index (χ1v) is 11.6. The van der Waals surface area contributed by atoms with Crippen molar-refractivity contribution in [3.63, 3.8) is 0 Å². The number of amides is 1. The zero-order valence-electron chi connectivity index (χ0n) is 18.0. The summed E-state index contributed by atoms with van der Waals surface area (Å²) in [6, 6.07) is 6.21. The van der Waals surface area contributed by atoms with Crippen LogP contribution in [0, 0.1) is 5.41 Å². The standard InChI is InChI=1S/C23H32N2O3S/c1-16(26)19-6-5-17(13-20(19)24-11-9-23(7-8-23)10-12-24)29-18-14-25(15-18)21(27)28-22(2,3)4/h5-6,13,18H,7-12,14-15H2,1-4H3. The van der Waals surface area contributed by atoms with Crippen molar-refractivity contribution in [2.75, 3.05) is 31.1 Å². The summed E-state index contributed by atoms with van der Waals surface area (Å²) in [4.78, 5) is 29.6. The summed E-state index contributed by atoms with van der Waals surface area (Å²) in [6.45, 7) is 10.8. The summed E-state index contributed by atoms with van der Waals surface area (Å²) < 4.78 is 5.44. The van der Waals surface area contributed by atoms with Crippen LogP contribution in [0.15, 0.2) is 23.1 Å². The number of thioether (sulfide) groups is 1. The fraction of sp³-hybridized carbons (Fsp3) is 0.652. The quantitative estimate of drug-likeness (QED) is 0.648. The third-order valence-corrected chi connectivity index (χ3v) is 7.43. The molecule has 5 nitrogen and oxygen atoms in total. The molecule has 0 atom stereocenters. The summed E-state index contributed by atoms with van der Waals surface area (Å²) in [5, 5.41) is 0.370. The number of hydrogen-bond donors (Lipinski definition) is 0. The molecule has 1 aromatic rings. The lowest BCUT2D eigenvalue weighted by atomic mass is 9.93. The number of likely N-dealkylation sites (tertiary alicyclic amines) is 1. The number of Topliss-reactive ketones (excluding diaryl/α,β-unsaturated/α-hetero) is 1. The molecule has 0 unspecified atom stereocenters. The molecule has 2 heterocycles. The highest BCUT2D eigenvalue weighted by Crippen LogP contribution is 2.54. The second kappa shape index (κ2) is 7.53. The molecule has 1 saturated carbocycles. The van der Waals surface area contributed by atoms with E-state index in [0.717, 1.165) is 24.3 Å². The molecule has 0 N–H and O–H groups in total. The van der Waals surface area contributed by atoms with E-state index in [1.54, 1.807) is 23.6 Å². The molecule has 3 aliphatic rings. The number of hydrogen-bond acceptors (Lipinski definition) is 5. The Labute approximate surface area is 178 Å². The highest BCUT2D eigenvalue weighted by Gasteiger charge is 2.44. The lowest BCUT2D eigenvalue weighted by molar-refractivity contribution is 0.0144. The first kappa shape index (κ1) is 20.6. The maximum atomic E-state index is 12.2. The number of piperidine rings is 1. The van der Waals surface area contributed by atoms with Crippen LogP contribution in [0.25, 0.3) is 0 Å². The fourth-order valence-electron chi connectivity index (χ4n) is 4.22. The Bertz CT molecular complexity index is 797. The number of carbonyl (C=O) groups excluding carboxylic acids is 2. The van der Waals surface area contributed by atoms with E-state index in [1.165, 1.54) is 30.6 Å². The molecule has 6 heteroatoms. The minimum absolute atomic E-state index is 0.128. The van der Waals surface area contributed by atoms with Crippen molar-refractivity contribution in [3.05, 3.63) is 23.8 Å². The Kier molecular flexibility index (Phi) is 5.34. The Hall–Kier alpha value is -1.69. The Morgan fingerprint density at radius 3 is 2.31 bits per heavy atom. The number of ketones is 1. The molecule has 0 aromatic heterocycles. The van der Waals surface area contributed by atoms with Gasteiger partial charge in [0.05, 0.1) is 0 Å². The molecule has 1 aromatic carbocycles. The lowest BCUT2D eigenvalue weighted by Gasteiger charge is -2.39. The van der Waals surface area contributed by atoms with Crippen molar-refractivity contribution in [2.24, 2.45) is 5.41 Å². The van der Waals surface area contributed by atoms with Crippen molar-refractivity contribution in [3.8, 4) is 0 Å². The molecule has 2 saturated heterocycles. The largest absolute Gasteiger partial charge is 0.444 e. The van der Waals surface area contributed by atoms with Crippen LogP contribution in [0.4, 0.5) is 10.5 Å². The van der Waals surface area contributed by atoms with Gasteiger partial charge in [-0.25, -0.2) is 4.79 Å². The SMILES string of the molecule is CC(=O)c1ccc(SC2CN(C(=O)OC(C)(C)C)C2)cc1N1CCC2(CC1)CC2. The van der Waals surface area contributed by atoms with Crippen LogP contribution in [0.5, 0.6) is 0 Å². The van der Waals surface area contributed by atoms with Crippen molar-refractivity contribution >= 4 is 29.3 Å². The number of rotatable bonds is 4. The van der Waals surface area contributed by atoms with Crippen molar-refractivity contribution in [1.29, 1.82) is 0 Å². The minimum Gasteiger partial charge on any atom is -0.444 e. The summed E-state index contributed by atoms with van der Waals surface area (Å²) in [7, 11) is 0. The van der Waals surface area contributed by atoms with E-state index in [-0.39, 0.29) is 11.9 Å². The zero-order valence-corrected chi connectivity index (χ0v) is 18.8. The summed E-state index contributed by atoms with van der Waals surface area (Å²) in [6.07, 6.45) is 5.02. The van der Waals surface area contributed by atoms with E-state index in [9.17, 15) is 9.59 Å². The van der Waals surface area contributed by atoms with Gasteiger partial charge in [-0.2, -0.15) is 0 Å². The molecular formula is C23H32N2O3S. The summed E-state index contributed by atoms with van der Waals surface area (Å²) in [5.41, 5.74) is 2.07. The maximum Gasteiger partial charge on any atom is 0.410 e. The van der Waals surface area contributed by atoms with Crippen LogP contribution < -0.4 is 4.90 Å². The lowest BCUT2D eigenvalue weighted by Crippen LogP contribution is -2.53. The van der Waals surface area contributed by atoms with Gasteiger partial charge in [-0.05, 0) is 77.0 Å². The predicted molar refractivity (Wildman–Crippen MR) is 117 cm³/mol. The van der Waals surface area contributed by atoms with Crippen LogP contribution >= 0.6 is 11.8 Å². The van der Waals surface area contributed by atoms with E-state index < -0.39 is 5.60 Å². The van der Waals surface area contributed by atoms with Gasteiger partial charge in [0.2, 0.25) is 0 Å². The number of anilines is 1. The monoisotopic (exact) mass is 416 g/mol. The van der Waals surface area contributed by atoms with Crippen molar-refractivity contribution in [2.45, 2.75) is 69.1 Å². The molecule has 29 heavy (non-hydrogen) atoms. The van der Waals surface area contributed by atoms with Gasteiger partial charge >= 0.3 is 6.09 Å². The summed E-state index contributed by atoms with van der Waals surface area (Å²) in [5.74, 6) is 0.128. The Balaban J connectivity index is 1.39. The van der Waals surface area contributed by atoms with Crippen LogP contribution in [0.2, 0.25) is 0 Å². The highest BCUT2D eigenvalue weighted by molar-refractivity contribution is 8.00. The van der Waals surface area contributed by atoms with E-state index in [1.807, 2.05) is 32.9 Å². The number of nitrogens with zero attached hydrogens (tertiary/aromatic N) is 2. The Morgan fingerprint density at radius 1 is 1.10 bits per heavy atom. The van der Waals surface area contributed by atoms with Gasteiger partial charge in [0.25, 0.3) is 0 Å². The van der Waals surface area contributed by atoms with Gasteiger partial charge < -0.3 is 14.5 Å². The van der Waals surface area contributed by atoms with Gasteiger partial charge in [0, 0.05) is 47.6 Å². The number of carbonyl (C=O) groups is 2. The van der Waals surface area contributed by atoms with Gasteiger partial charge in [-0.1, -0.05) is 0 Å². The van der Waals surface area contributed by atoms with Crippen LogP contribution in [-0.4, -0.2) is 53.8 Å². The molecule has 0 radical (unpaired) electrons. The molecule has 2 aliphatic heterocycles. The number of ether oxygens (including phenoxy) is 1. The second-order valence-corrected chi connectivity index (χ2v) is 11.2. The van der Waals surface area contributed by atoms with E-state index in [2.05, 4.69) is 11.0 Å². The van der Waals surface area contributed by atoms with Gasteiger partial charge in [-0.3, -0.25) is 4.79 Å². The normalized spacial score (nSPS) is 21.1. The highest BCUT2D eigenvalue weighted by atomic mass is 32.2. The van der Waals surface area contributed by atoms with Gasteiger partial charge in [0.1, 0.15) is 5.60 Å². The van der Waals surface area contributed by atoms with Crippen LogP contribution in [-0.2, 0) is 4.74 Å². The first-order chi connectivity index (χ1) is 13.6. The van der Waals surface area contributed by atoms with Crippen molar-refractivity contribution in [1.82, 2.24) is 4.90 Å². The molecular weight excluding hydrogens is 384 g/mol. The maximum absolute atomic E-state index is 12.2. The average Bonchev–Trinajstić information content (AvgIpc) is 3.35. The molecule has 0 bridgehead atoms. The molecule has 1 amide bonds. The molecule has 1 spiro atoms. The van der Waals surface area contributed by atoms with E-state index >= 15 is 0 Å². The van der Waals surface area contributed by atoms with Gasteiger partial charge in [-0.15, -0.1) is 11.8 Å². The summed E-state index contributed by atoms with van der Waals surface area (Å²) >= 11 is 1.79. The predicted octanol–water partition coefficient (Wildman–Crippen LogP) is 4.98. The topological polar surface area (TPSA) is 49.9 Å². The zero-order chi connectivity index (χ0) is 20.8. The Morgan fingerprint density at radius 2 is 1.76 bits per heavy atom.